The van der Waals surface area contributed by atoms with Crippen molar-refractivity contribution in [1.82, 2.24) is 0 Å². The van der Waals surface area contributed by atoms with Gasteiger partial charge in [-0.1, -0.05) is 12.1 Å². The van der Waals surface area contributed by atoms with Gasteiger partial charge >= 0.3 is 11.3 Å². The summed E-state index contributed by atoms with van der Waals surface area (Å²) in [5, 5.41) is 22.7. The van der Waals surface area contributed by atoms with Gasteiger partial charge in [0.2, 0.25) is 6.29 Å². The number of aromatic hydroxyl groups is 1. The first-order chi connectivity index (χ1) is 14.7. The van der Waals surface area contributed by atoms with Crippen LogP contribution in [0.5, 0.6) is 11.5 Å². The Bertz CT molecular complexity index is 1520. The maximum atomic E-state index is 12.9. The van der Waals surface area contributed by atoms with E-state index in [2.05, 4.69) is 0 Å². The standard InChI is InChI=1S/C24H20O7/c1-9-5-11(3)15-13(7-9)29-23(27)18(20(15)25)17-19-21(31-22(17)26)16-12(4)6-10(2)8-14(16)30-24(19)28/h5-8,17,22,25-26H,1-4H3. The fourth-order valence-electron chi connectivity index (χ4n) is 4.66. The molecule has 2 aromatic carbocycles. The van der Waals surface area contributed by atoms with Crippen LogP contribution in [-0.4, -0.2) is 16.5 Å². The molecule has 0 fully saturated rings. The predicted octanol–water partition coefficient (Wildman–Crippen LogP) is 3.68. The highest BCUT2D eigenvalue weighted by molar-refractivity contribution is 5.91. The minimum atomic E-state index is -1.57. The molecule has 2 N–H and O–H groups in total. The zero-order chi connectivity index (χ0) is 22.2. The number of hydrogen-bond donors (Lipinski definition) is 2. The summed E-state index contributed by atoms with van der Waals surface area (Å²) < 4.78 is 16.6. The molecule has 2 atom stereocenters. The van der Waals surface area contributed by atoms with Gasteiger partial charge in [0.25, 0.3) is 0 Å². The molecule has 0 spiro atoms. The van der Waals surface area contributed by atoms with E-state index in [9.17, 15) is 19.8 Å². The van der Waals surface area contributed by atoms with Crippen molar-refractivity contribution in [3.63, 3.8) is 0 Å². The van der Waals surface area contributed by atoms with Crippen molar-refractivity contribution in [3.8, 4) is 11.5 Å². The van der Waals surface area contributed by atoms with E-state index in [4.69, 9.17) is 13.6 Å². The Morgan fingerprint density at radius 3 is 1.90 bits per heavy atom. The second kappa shape index (κ2) is 6.46. The van der Waals surface area contributed by atoms with E-state index in [1.807, 2.05) is 32.9 Å². The minimum Gasteiger partial charge on any atom is -0.507 e. The second-order valence-corrected chi connectivity index (χ2v) is 8.18. The quantitative estimate of drug-likeness (QED) is 0.452. The van der Waals surface area contributed by atoms with Crippen LogP contribution in [-0.2, 0) is 0 Å². The van der Waals surface area contributed by atoms with Crippen molar-refractivity contribution in [1.29, 1.82) is 0 Å². The lowest BCUT2D eigenvalue weighted by atomic mass is 9.90. The van der Waals surface area contributed by atoms with Gasteiger partial charge < -0.3 is 23.8 Å². The Morgan fingerprint density at radius 2 is 1.29 bits per heavy atom. The van der Waals surface area contributed by atoms with Gasteiger partial charge in [-0.05, 0) is 62.1 Å². The fourth-order valence-corrected chi connectivity index (χ4v) is 4.66. The first-order valence-corrected chi connectivity index (χ1v) is 9.87. The Hall–Kier alpha value is -3.58. The zero-order valence-corrected chi connectivity index (χ0v) is 17.4. The normalized spacial score (nSPS) is 17.8. The first kappa shape index (κ1) is 19.4. The highest BCUT2D eigenvalue weighted by atomic mass is 16.6. The highest BCUT2D eigenvalue weighted by Crippen LogP contribution is 2.47. The third-order valence-electron chi connectivity index (χ3n) is 5.84. The smallest absolute Gasteiger partial charge is 0.344 e. The first-order valence-electron chi connectivity index (χ1n) is 9.87. The van der Waals surface area contributed by atoms with E-state index in [1.165, 1.54) is 0 Å². The molecule has 1 aliphatic rings. The molecule has 1 aliphatic heterocycles. The second-order valence-electron chi connectivity index (χ2n) is 8.18. The maximum Gasteiger partial charge on any atom is 0.344 e. The van der Waals surface area contributed by atoms with Gasteiger partial charge in [0.05, 0.1) is 27.8 Å². The summed E-state index contributed by atoms with van der Waals surface area (Å²) in [6.07, 6.45) is -1.57. The molecule has 0 aliphatic carbocycles. The lowest BCUT2D eigenvalue weighted by Gasteiger charge is -2.15. The van der Waals surface area contributed by atoms with Gasteiger partial charge in [0, 0.05) is 0 Å². The largest absolute Gasteiger partial charge is 0.507 e. The van der Waals surface area contributed by atoms with Gasteiger partial charge in [0.1, 0.15) is 22.7 Å². The number of rotatable bonds is 1. The number of aliphatic hydroxyl groups is 1. The molecule has 2 unspecified atom stereocenters. The van der Waals surface area contributed by atoms with Gasteiger partial charge in [0.15, 0.2) is 0 Å². The van der Waals surface area contributed by atoms with Crippen molar-refractivity contribution in [2.45, 2.75) is 39.9 Å². The molecule has 0 radical (unpaired) electrons. The van der Waals surface area contributed by atoms with Crippen LogP contribution in [0.1, 0.15) is 39.3 Å². The van der Waals surface area contributed by atoms with Crippen LogP contribution in [0.4, 0.5) is 0 Å². The van der Waals surface area contributed by atoms with Crippen molar-refractivity contribution in [2.24, 2.45) is 0 Å². The van der Waals surface area contributed by atoms with Crippen LogP contribution in [0.25, 0.3) is 21.9 Å². The monoisotopic (exact) mass is 420 g/mol. The van der Waals surface area contributed by atoms with Crippen LogP contribution in [0.3, 0.4) is 0 Å². The van der Waals surface area contributed by atoms with Gasteiger partial charge in [-0.15, -0.1) is 0 Å². The van der Waals surface area contributed by atoms with Crippen LogP contribution >= 0.6 is 0 Å². The molecule has 4 aromatic rings. The topological polar surface area (TPSA) is 110 Å². The summed E-state index contributed by atoms with van der Waals surface area (Å²) in [5.41, 5.74) is 1.98. The Kier molecular flexibility index (Phi) is 4.04. The van der Waals surface area contributed by atoms with E-state index in [0.717, 1.165) is 16.7 Å². The highest BCUT2D eigenvalue weighted by Gasteiger charge is 2.43. The number of aliphatic hydroxyl groups excluding tert-OH is 1. The number of hydrogen-bond acceptors (Lipinski definition) is 7. The molecular weight excluding hydrogens is 400 g/mol. The van der Waals surface area contributed by atoms with Crippen LogP contribution in [0.2, 0.25) is 0 Å². The van der Waals surface area contributed by atoms with E-state index >= 15 is 0 Å². The number of aryl methyl sites for hydroxylation is 4. The molecule has 3 heterocycles. The SMILES string of the molecule is Cc1cc(C)c2c(O)c(C3c4c(c5c(C)cc(C)cc5oc4=O)OC3O)c(=O)oc2c1. The molecule has 5 rings (SSSR count). The molecule has 0 bridgehead atoms. The minimum absolute atomic E-state index is 0.0151. The molecular formula is C24H20O7. The van der Waals surface area contributed by atoms with Crippen LogP contribution in [0.15, 0.2) is 42.7 Å². The van der Waals surface area contributed by atoms with Crippen LogP contribution in [0, 0.1) is 27.7 Å². The summed E-state index contributed by atoms with van der Waals surface area (Å²) in [5.74, 6) is -1.44. The van der Waals surface area contributed by atoms with E-state index in [1.54, 1.807) is 19.1 Å². The third kappa shape index (κ3) is 2.70. The van der Waals surface area contributed by atoms with Crippen molar-refractivity contribution >= 4 is 21.9 Å². The van der Waals surface area contributed by atoms with Crippen molar-refractivity contribution in [3.05, 3.63) is 78.5 Å². The molecule has 7 nitrogen and oxygen atoms in total. The summed E-state index contributed by atoms with van der Waals surface area (Å²) in [6.45, 7) is 7.34. The third-order valence-corrected chi connectivity index (χ3v) is 5.84. The fraction of sp³-hybridized carbons (Fsp3) is 0.250. The molecule has 0 amide bonds. The van der Waals surface area contributed by atoms with E-state index < -0.39 is 23.5 Å². The summed E-state index contributed by atoms with van der Waals surface area (Å²) in [4.78, 5) is 25.8. The molecule has 0 saturated carbocycles. The Balaban J connectivity index is 1.86. The van der Waals surface area contributed by atoms with Crippen LogP contribution < -0.4 is 16.0 Å². The molecule has 158 valence electrons. The van der Waals surface area contributed by atoms with Gasteiger partial charge in [-0.2, -0.15) is 0 Å². The molecule has 7 heteroatoms. The average molecular weight is 420 g/mol. The zero-order valence-electron chi connectivity index (χ0n) is 17.4. The number of ether oxygens (including phenoxy) is 1. The summed E-state index contributed by atoms with van der Waals surface area (Å²) in [6, 6.07) is 7.10. The Labute approximate surface area is 176 Å². The van der Waals surface area contributed by atoms with Crippen molar-refractivity contribution < 1.29 is 23.8 Å². The molecule has 2 aromatic heterocycles. The molecule has 0 saturated heterocycles. The average Bonchev–Trinajstić information content (AvgIpc) is 2.97. The molecule has 31 heavy (non-hydrogen) atoms. The lowest BCUT2D eigenvalue weighted by molar-refractivity contribution is -0.00988. The van der Waals surface area contributed by atoms with Gasteiger partial charge in [-0.3, -0.25) is 0 Å². The predicted molar refractivity (Wildman–Crippen MR) is 114 cm³/mol. The van der Waals surface area contributed by atoms with E-state index in [0.29, 0.717) is 21.9 Å². The maximum absolute atomic E-state index is 12.9. The van der Waals surface area contributed by atoms with Crippen molar-refractivity contribution in [2.75, 3.05) is 0 Å². The lowest BCUT2D eigenvalue weighted by Crippen LogP contribution is -2.26. The Morgan fingerprint density at radius 1 is 0.774 bits per heavy atom. The summed E-state index contributed by atoms with van der Waals surface area (Å²) in [7, 11) is 0. The van der Waals surface area contributed by atoms with E-state index in [-0.39, 0.29) is 28.2 Å². The number of benzene rings is 2. The van der Waals surface area contributed by atoms with Gasteiger partial charge in [-0.25, -0.2) is 9.59 Å². The summed E-state index contributed by atoms with van der Waals surface area (Å²) >= 11 is 0. The number of fused-ring (bicyclic) bond motifs is 4.